The van der Waals surface area contributed by atoms with Crippen molar-refractivity contribution in [3.05, 3.63) is 83.9 Å². The summed E-state index contributed by atoms with van der Waals surface area (Å²) in [6.45, 7) is 5.60. The van der Waals surface area contributed by atoms with E-state index in [4.69, 9.17) is 4.74 Å². The van der Waals surface area contributed by atoms with Crippen LogP contribution in [0, 0.1) is 0 Å². The molecule has 5 heteroatoms. The van der Waals surface area contributed by atoms with E-state index in [-0.39, 0.29) is 6.42 Å². The molecule has 1 unspecified atom stereocenters. The summed E-state index contributed by atoms with van der Waals surface area (Å²) >= 11 is 0. The third kappa shape index (κ3) is 3.47. The Hall–Kier alpha value is -3.08. The second-order valence-electron chi connectivity index (χ2n) is 6.49. The van der Waals surface area contributed by atoms with E-state index in [1.165, 1.54) is 4.90 Å². The number of morpholine rings is 1. The number of hydrogen-bond donors (Lipinski definition) is 1. The van der Waals surface area contributed by atoms with Gasteiger partial charge in [-0.2, -0.15) is 0 Å². The molecule has 5 nitrogen and oxygen atoms in total. The van der Waals surface area contributed by atoms with Crippen molar-refractivity contribution in [2.75, 3.05) is 0 Å². The highest BCUT2D eigenvalue weighted by Gasteiger charge is 2.47. The summed E-state index contributed by atoms with van der Waals surface area (Å²) in [5, 5.41) is 9.92. The number of esters is 1. The Morgan fingerprint density at radius 2 is 1.62 bits per heavy atom. The number of carboxylic acid groups (broad SMARTS) is 1. The molecular weight excluding hydrogens is 330 g/mol. The minimum Gasteiger partial charge on any atom is -0.465 e. The van der Waals surface area contributed by atoms with Gasteiger partial charge in [-0.15, -0.1) is 6.58 Å². The molecule has 0 bridgehead atoms. The second-order valence-corrected chi connectivity index (χ2v) is 6.49. The van der Waals surface area contributed by atoms with Gasteiger partial charge in [-0.3, -0.25) is 4.90 Å². The number of amides is 1. The molecule has 1 amide bonds. The zero-order valence-electron chi connectivity index (χ0n) is 14.5. The quantitative estimate of drug-likeness (QED) is 0.657. The molecule has 1 heterocycles. The number of ether oxygens (including phenoxy) is 1. The van der Waals surface area contributed by atoms with Gasteiger partial charge in [-0.1, -0.05) is 66.2 Å². The van der Waals surface area contributed by atoms with E-state index in [1.807, 2.05) is 60.7 Å². The summed E-state index contributed by atoms with van der Waals surface area (Å²) < 4.78 is 5.75. The maximum absolute atomic E-state index is 12.6. The highest BCUT2D eigenvalue weighted by atomic mass is 16.6. The van der Waals surface area contributed by atoms with Gasteiger partial charge in [-0.05, 0) is 24.5 Å². The van der Waals surface area contributed by atoms with Crippen LogP contribution in [0.2, 0.25) is 0 Å². The van der Waals surface area contributed by atoms with Gasteiger partial charge in [-0.25, -0.2) is 9.59 Å². The molecule has 1 aliphatic rings. The lowest BCUT2D eigenvalue weighted by atomic mass is 9.90. The first-order valence-electron chi connectivity index (χ1n) is 8.45. The average molecular weight is 351 g/mol. The molecule has 3 rings (SSSR count). The first-order chi connectivity index (χ1) is 12.5. The number of cyclic esters (lactones) is 1. The highest BCUT2D eigenvalue weighted by molar-refractivity contribution is 5.83. The van der Waals surface area contributed by atoms with Crippen molar-refractivity contribution in [3.8, 4) is 0 Å². The Balaban J connectivity index is 2.12. The second kappa shape index (κ2) is 7.44. The molecule has 134 valence electrons. The lowest BCUT2D eigenvalue weighted by molar-refractivity contribution is -0.172. The zero-order chi connectivity index (χ0) is 18.7. The fourth-order valence-electron chi connectivity index (χ4n) is 3.36. The van der Waals surface area contributed by atoms with Gasteiger partial charge in [0.2, 0.25) is 0 Å². The molecule has 26 heavy (non-hydrogen) atoms. The number of carbonyl (C=O) groups excluding carboxylic acids is 1. The largest absolute Gasteiger partial charge is 0.465 e. The smallest absolute Gasteiger partial charge is 0.408 e. The molecule has 1 aliphatic heterocycles. The highest BCUT2D eigenvalue weighted by Crippen LogP contribution is 2.43. The van der Waals surface area contributed by atoms with E-state index >= 15 is 0 Å². The lowest BCUT2D eigenvalue weighted by Crippen LogP contribution is -2.53. The summed E-state index contributed by atoms with van der Waals surface area (Å²) in [5.41, 5.74) is 2.26. The molecule has 2 aromatic rings. The Morgan fingerprint density at radius 1 is 1.08 bits per heavy atom. The molecule has 0 radical (unpaired) electrons. The van der Waals surface area contributed by atoms with Gasteiger partial charge in [0.25, 0.3) is 0 Å². The molecule has 0 spiro atoms. The van der Waals surface area contributed by atoms with E-state index in [9.17, 15) is 14.7 Å². The molecule has 0 aromatic heterocycles. The Labute approximate surface area is 152 Å². The van der Waals surface area contributed by atoms with E-state index < -0.39 is 30.3 Å². The molecule has 0 saturated carbocycles. The molecule has 2 aromatic carbocycles. The minimum absolute atomic E-state index is 0.232. The van der Waals surface area contributed by atoms with Crippen molar-refractivity contribution in [3.63, 3.8) is 0 Å². The Bertz CT molecular complexity index is 803. The number of hydrogen-bond acceptors (Lipinski definition) is 3. The first-order valence-corrected chi connectivity index (χ1v) is 8.45. The fraction of sp³-hybridized carbons (Fsp3) is 0.238. The monoisotopic (exact) mass is 351 g/mol. The summed E-state index contributed by atoms with van der Waals surface area (Å²) in [6.07, 6.45) is -1.62. The Kier molecular flexibility index (Phi) is 5.07. The number of rotatable bonds is 4. The van der Waals surface area contributed by atoms with Crippen molar-refractivity contribution in [1.29, 1.82) is 0 Å². The molecule has 3 atom stereocenters. The molecule has 1 fully saturated rings. The van der Waals surface area contributed by atoms with Gasteiger partial charge in [0.05, 0.1) is 0 Å². The van der Waals surface area contributed by atoms with E-state index in [1.54, 1.807) is 6.92 Å². The Morgan fingerprint density at radius 3 is 2.12 bits per heavy atom. The van der Waals surface area contributed by atoms with E-state index in [0.717, 1.165) is 16.7 Å². The minimum atomic E-state index is -1.15. The standard InChI is InChI=1S/C21H21NO4/c1-14(2)13-17-20(23)26-19(16-11-7-4-8-12-16)18(22(17)21(24)25)15-9-5-3-6-10-15/h3-12,17-19H,1,13H2,2H3,(H,24,25)/t17?,18-,19+/m1/s1. The van der Waals surface area contributed by atoms with Crippen LogP contribution in [-0.4, -0.2) is 28.1 Å². The third-order valence-electron chi connectivity index (χ3n) is 4.47. The molecule has 0 aliphatic carbocycles. The number of benzene rings is 2. The normalized spacial score (nSPS) is 22.6. The fourth-order valence-corrected chi connectivity index (χ4v) is 3.36. The third-order valence-corrected chi connectivity index (χ3v) is 4.47. The van der Waals surface area contributed by atoms with Crippen LogP contribution in [0.1, 0.15) is 36.6 Å². The molecule has 1 saturated heterocycles. The van der Waals surface area contributed by atoms with Crippen molar-refractivity contribution >= 4 is 12.1 Å². The summed E-state index contributed by atoms with van der Waals surface area (Å²) in [6, 6.07) is 17.0. The maximum Gasteiger partial charge on any atom is 0.408 e. The van der Waals surface area contributed by atoms with E-state index in [0.29, 0.717) is 0 Å². The van der Waals surface area contributed by atoms with Crippen molar-refractivity contribution in [2.45, 2.75) is 31.5 Å². The van der Waals surface area contributed by atoms with Gasteiger partial charge in [0.15, 0.2) is 6.10 Å². The number of carbonyl (C=O) groups is 2. The first kappa shape index (κ1) is 17.7. The van der Waals surface area contributed by atoms with Crippen LogP contribution in [0.15, 0.2) is 72.8 Å². The van der Waals surface area contributed by atoms with Crippen molar-refractivity contribution in [1.82, 2.24) is 4.90 Å². The topological polar surface area (TPSA) is 66.8 Å². The summed E-state index contributed by atoms with van der Waals surface area (Å²) in [4.78, 5) is 26.0. The average Bonchev–Trinajstić information content (AvgIpc) is 2.63. The molecular formula is C21H21NO4. The summed E-state index contributed by atoms with van der Waals surface area (Å²) in [7, 11) is 0. The van der Waals surface area contributed by atoms with Gasteiger partial charge in [0.1, 0.15) is 12.1 Å². The van der Waals surface area contributed by atoms with Crippen LogP contribution < -0.4 is 0 Å². The maximum atomic E-state index is 12.6. The zero-order valence-corrected chi connectivity index (χ0v) is 14.5. The van der Waals surface area contributed by atoms with Gasteiger partial charge in [0, 0.05) is 0 Å². The SMILES string of the molecule is C=C(C)CC1C(=O)O[C@@H](c2ccccc2)[C@@H](c2ccccc2)N1C(=O)O. The van der Waals surface area contributed by atoms with Crippen LogP contribution in [0.5, 0.6) is 0 Å². The van der Waals surface area contributed by atoms with E-state index in [2.05, 4.69) is 6.58 Å². The predicted molar refractivity (Wildman–Crippen MR) is 97.5 cm³/mol. The number of nitrogens with zero attached hydrogens (tertiary/aromatic N) is 1. The lowest BCUT2D eigenvalue weighted by Gasteiger charge is -2.44. The van der Waals surface area contributed by atoms with Crippen LogP contribution in [0.25, 0.3) is 0 Å². The van der Waals surface area contributed by atoms with Crippen molar-refractivity contribution < 1.29 is 19.4 Å². The van der Waals surface area contributed by atoms with Crippen LogP contribution >= 0.6 is 0 Å². The summed E-state index contributed by atoms with van der Waals surface area (Å²) in [5.74, 6) is -0.545. The predicted octanol–water partition coefficient (Wildman–Crippen LogP) is 4.34. The van der Waals surface area contributed by atoms with Crippen LogP contribution in [-0.2, 0) is 9.53 Å². The van der Waals surface area contributed by atoms with Crippen LogP contribution in [0.3, 0.4) is 0 Å². The van der Waals surface area contributed by atoms with Crippen LogP contribution in [0.4, 0.5) is 4.79 Å². The van der Waals surface area contributed by atoms with Crippen molar-refractivity contribution in [2.24, 2.45) is 0 Å². The molecule has 1 N–H and O–H groups in total. The van der Waals surface area contributed by atoms with Gasteiger partial charge < -0.3 is 9.84 Å². The van der Waals surface area contributed by atoms with Gasteiger partial charge >= 0.3 is 12.1 Å².